The Morgan fingerprint density at radius 2 is 1.95 bits per heavy atom. The Morgan fingerprint density at radius 3 is 2.68 bits per heavy atom. The first kappa shape index (κ1) is 14.5. The molecule has 0 aromatic heterocycles. The molecule has 0 heterocycles. The van der Waals surface area contributed by atoms with Gasteiger partial charge in [0.25, 0.3) is 0 Å². The average molecular weight is 281 g/mol. The van der Waals surface area contributed by atoms with Crippen LogP contribution in [-0.2, 0) is 10.8 Å². The normalized spacial score (nSPS) is 25.6. The highest BCUT2D eigenvalue weighted by molar-refractivity contribution is 7.85. The fourth-order valence-corrected chi connectivity index (χ4v) is 4.65. The lowest BCUT2D eigenvalue weighted by molar-refractivity contribution is 0.403. The number of hydrogen-bond acceptors (Lipinski definition) is 3. The second kappa shape index (κ2) is 7.06. The molecule has 1 N–H and O–H groups in total. The van der Waals surface area contributed by atoms with E-state index in [9.17, 15) is 4.21 Å². The van der Waals surface area contributed by atoms with Crippen molar-refractivity contribution >= 4 is 10.8 Å². The zero-order valence-electron chi connectivity index (χ0n) is 11.7. The number of methoxy groups -OCH3 is 1. The Labute approximate surface area is 118 Å². The molecule has 1 aromatic carbocycles. The van der Waals surface area contributed by atoms with E-state index in [1.807, 2.05) is 31.3 Å². The maximum Gasteiger partial charge on any atom is 0.134 e. The van der Waals surface area contributed by atoms with E-state index in [1.54, 1.807) is 7.11 Å². The first-order chi connectivity index (χ1) is 9.27. The summed E-state index contributed by atoms with van der Waals surface area (Å²) in [4.78, 5) is 0.831. The molecule has 0 saturated heterocycles. The summed E-state index contributed by atoms with van der Waals surface area (Å²) >= 11 is 0. The van der Waals surface area contributed by atoms with Gasteiger partial charge in [0.1, 0.15) is 5.75 Å². The molecule has 3 nitrogen and oxygen atoms in total. The fourth-order valence-electron chi connectivity index (χ4n) is 2.81. The lowest BCUT2D eigenvalue weighted by Gasteiger charge is -2.24. The summed E-state index contributed by atoms with van der Waals surface area (Å²) in [6.07, 6.45) is 5.78. The second-order valence-electron chi connectivity index (χ2n) is 5.02. The van der Waals surface area contributed by atoms with E-state index in [2.05, 4.69) is 5.32 Å². The Balaban J connectivity index is 2.25. The molecule has 1 aromatic rings. The van der Waals surface area contributed by atoms with Gasteiger partial charge in [-0.2, -0.15) is 0 Å². The van der Waals surface area contributed by atoms with Crippen LogP contribution < -0.4 is 10.1 Å². The maximum absolute atomic E-state index is 12.9. The van der Waals surface area contributed by atoms with Crippen LogP contribution in [0, 0.1) is 0 Å². The average Bonchev–Trinajstić information content (AvgIpc) is 2.71. The Bertz CT molecular complexity index is 436. The molecular formula is C15H23NO2S. The van der Waals surface area contributed by atoms with Crippen molar-refractivity contribution in [1.82, 2.24) is 5.32 Å². The van der Waals surface area contributed by atoms with Gasteiger partial charge in [-0.1, -0.05) is 31.4 Å². The van der Waals surface area contributed by atoms with Gasteiger partial charge in [0, 0.05) is 6.04 Å². The summed E-state index contributed by atoms with van der Waals surface area (Å²) in [7, 11) is 2.60. The molecule has 1 fully saturated rings. The molecule has 2 rings (SSSR count). The van der Waals surface area contributed by atoms with Gasteiger partial charge in [0.05, 0.1) is 28.1 Å². The topological polar surface area (TPSA) is 38.3 Å². The van der Waals surface area contributed by atoms with E-state index in [0.29, 0.717) is 6.04 Å². The van der Waals surface area contributed by atoms with Gasteiger partial charge in [-0.25, -0.2) is 0 Å². The van der Waals surface area contributed by atoms with Crippen molar-refractivity contribution in [3.05, 3.63) is 24.3 Å². The minimum absolute atomic E-state index is 0.184. The first-order valence-corrected chi connectivity index (χ1v) is 8.20. The zero-order valence-corrected chi connectivity index (χ0v) is 12.5. The molecule has 0 radical (unpaired) electrons. The predicted molar refractivity (Wildman–Crippen MR) is 79.1 cm³/mol. The van der Waals surface area contributed by atoms with Crippen molar-refractivity contribution in [1.29, 1.82) is 0 Å². The molecule has 106 valence electrons. The Kier molecular flexibility index (Phi) is 5.40. The summed E-state index contributed by atoms with van der Waals surface area (Å²) in [5.41, 5.74) is 0. The molecule has 1 aliphatic carbocycles. The van der Waals surface area contributed by atoms with Crippen LogP contribution in [0.3, 0.4) is 0 Å². The van der Waals surface area contributed by atoms with E-state index in [1.165, 1.54) is 19.3 Å². The summed E-state index contributed by atoms with van der Waals surface area (Å²) in [5, 5.41) is 3.53. The second-order valence-corrected chi connectivity index (χ2v) is 6.66. The summed E-state index contributed by atoms with van der Waals surface area (Å²) in [5.74, 6) is 0.736. The van der Waals surface area contributed by atoms with Crippen LogP contribution in [0.2, 0.25) is 0 Å². The van der Waals surface area contributed by atoms with Crippen LogP contribution in [0.25, 0.3) is 0 Å². The summed E-state index contributed by atoms with van der Waals surface area (Å²) < 4.78 is 18.2. The first-order valence-electron chi connectivity index (χ1n) is 6.98. The van der Waals surface area contributed by atoms with E-state index in [-0.39, 0.29) is 5.25 Å². The molecule has 0 aliphatic heterocycles. The van der Waals surface area contributed by atoms with Crippen LogP contribution in [0.4, 0.5) is 0 Å². The lowest BCUT2D eigenvalue weighted by Crippen LogP contribution is -2.39. The zero-order chi connectivity index (χ0) is 13.7. The van der Waals surface area contributed by atoms with Gasteiger partial charge in [-0.15, -0.1) is 0 Å². The molecule has 0 bridgehead atoms. The van der Waals surface area contributed by atoms with E-state index in [0.717, 1.165) is 23.5 Å². The van der Waals surface area contributed by atoms with E-state index < -0.39 is 10.8 Å². The number of rotatable bonds is 4. The Morgan fingerprint density at radius 1 is 1.21 bits per heavy atom. The van der Waals surface area contributed by atoms with Gasteiger partial charge in [0.2, 0.25) is 0 Å². The number of hydrogen-bond donors (Lipinski definition) is 1. The molecule has 4 heteroatoms. The van der Waals surface area contributed by atoms with Crippen LogP contribution in [0.5, 0.6) is 5.75 Å². The molecular weight excluding hydrogens is 258 g/mol. The van der Waals surface area contributed by atoms with E-state index in [4.69, 9.17) is 4.74 Å². The Hall–Kier alpha value is -0.870. The highest BCUT2D eigenvalue weighted by Gasteiger charge is 2.29. The van der Waals surface area contributed by atoms with Gasteiger partial charge >= 0.3 is 0 Å². The minimum atomic E-state index is -1.01. The lowest BCUT2D eigenvalue weighted by atomic mass is 10.1. The summed E-state index contributed by atoms with van der Waals surface area (Å²) in [6, 6.07) is 8.00. The highest BCUT2D eigenvalue weighted by Crippen LogP contribution is 2.29. The third kappa shape index (κ3) is 3.37. The highest BCUT2D eigenvalue weighted by atomic mass is 32.2. The molecule has 1 saturated carbocycles. The van der Waals surface area contributed by atoms with Crippen LogP contribution in [0.1, 0.15) is 32.1 Å². The molecule has 1 aliphatic rings. The maximum atomic E-state index is 12.9. The molecule has 0 amide bonds. The van der Waals surface area contributed by atoms with Crippen LogP contribution >= 0.6 is 0 Å². The number of para-hydroxylation sites is 1. The van der Waals surface area contributed by atoms with Gasteiger partial charge in [-0.3, -0.25) is 4.21 Å². The molecule has 3 atom stereocenters. The number of ether oxygens (including phenoxy) is 1. The monoisotopic (exact) mass is 281 g/mol. The number of benzene rings is 1. The largest absolute Gasteiger partial charge is 0.495 e. The van der Waals surface area contributed by atoms with Crippen LogP contribution in [-0.4, -0.2) is 29.7 Å². The smallest absolute Gasteiger partial charge is 0.134 e. The van der Waals surface area contributed by atoms with Gasteiger partial charge in [0.15, 0.2) is 0 Å². The van der Waals surface area contributed by atoms with Crippen molar-refractivity contribution < 1.29 is 8.95 Å². The predicted octanol–water partition coefficient (Wildman–Crippen LogP) is 2.72. The van der Waals surface area contributed by atoms with E-state index >= 15 is 0 Å². The molecule has 19 heavy (non-hydrogen) atoms. The van der Waals surface area contributed by atoms with Crippen molar-refractivity contribution in [2.45, 2.75) is 48.3 Å². The van der Waals surface area contributed by atoms with Crippen molar-refractivity contribution in [2.75, 3.05) is 14.2 Å². The fraction of sp³-hybridized carbons (Fsp3) is 0.600. The van der Waals surface area contributed by atoms with Crippen LogP contribution in [0.15, 0.2) is 29.2 Å². The molecule has 3 unspecified atom stereocenters. The summed E-state index contributed by atoms with van der Waals surface area (Å²) in [6.45, 7) is 0. The molecule has 0 spiro atoms. The van der Waals surface area contributed by atoms with Crippen molar-refractivity contribution in [3.63, 3.8) is 0 Å². The SMILES string of the molecule is CNC1CCCCCC1S(=O)c1ccccc1OC. The minimum Gasteiger partial charge on any atom is -0.495 e. The quantitative estimate of drug-likeness (QED) is 0.862. The van der Waals surface area contributed by atoms with Gasteiger partial charge < -0.3 is 10.1 Å². The van der Waals surface area contributed by atoms with Gasteiger partial charge in [-0.05, 0) is 32.0 Å². The third-order valence-electron chi connectivity index (χ3n) is 3.88. The standard InChI is InChI=1S/C15H23NO2S/c1-16-12-8-4-3-5-10-14(12)19(17)15-11-7-6-9-13(15)18-2/h6-7,9,11-12,14,16H,3-5,8,10H2,1-2H3. The third-order valence-corrected chi connectivity index (χ3v) is 5.77. The van der Waals surface area contributed by atoms with Crippen molar-refractivity contribution in [2.24, 2.45) is 0 Å². The number of nitrogens with one attached hydrogen (secondary N) is 1. The van der Waals surface area contributed by atoms with Crippen molar-refractivity contribution in [3.8, 4) is 5.75 Å².